The third-order valence-electron chi connectivity index (χ3n) is 6.65. The van der Waals surface area contributed by atoms with Crippen LogP contribution < -0.4 is 10.1 Å². The minimum Gasteiger partial charge on any atom is -0.492 e. The zero-order chi connectivity index (χ0) is 21.4. The number of benzene rings is 1. The summed E-state index contributed by atoms with van der Waals surface area (Å²) in [7, 11) is 0. The zero-order valence-corrected chi connectivity index (χ0v) is 19.1. The summed E-state index contributed by atoms with van der Waals surface area (Å²) in [5.41, 5.74) is 0.114. The van der Waals surface area contributed by atoms with E-state index in [0.29, 0.717) is 25.2 Å². The summed E-state index contributed by atoms with van der Waals surface area (Å²) in [6.07, 6.45) is 8.67. The van der Waals surface area contributed by atoms with Gasteiger partial charge in [0.25, 0.3) is 5.91 Å². The van der Waals surface area contributed by atoms with Crippen LogP contribution in [0.15, 0.2) is 24.3 Å². The standard InChI is InChI=1S/C25H40N2O3/c1-4-17-30-25(14-7-8-20(2)19-25)24(28)26-22-10-12-23(13-11-22)29-18-16-27-15-6-5-9-21(27)3/h10-13,20-21H,4-9,14-19H2,1-3H3,(H,26,28)/t20-,21+,25-/m1/s1. The Morgan fingerprint density at radius 2 is 1.93 bits per heavy atom. The van der Waals surface area contributed by atoms with Gasteiger partial charge in [-0.1, -0.05) is 26.7 Å². The highest BCUT2D eigenvalue weighted by atomic mass is 16.5. The van der Waals surface area contributed by atoms with Gasteiger partial charge in [0.15, 0.2) is 0 Å². The van der Waals surface area contributed by atoms with Crippen LogP contribution in [-0.4, -0.2) is 48.8 Å². The molecular formula is C25H40N2O3. The first-order valence-corrected chi connectivity index (χ1v) is 11.9. The number of likely N-dealkylation sites (tertiary alicyclic amines) is 1. The molecular weight excluding hydrogens is 376 g/mol. The van der Waals surface area contributed by atoms with Crippen LogP contribution in [0.1, 0.15) is 72.1 Å². The van der Waals surface area contributed by atoms with E-state index in [0.717, 1.165) is 43.7 Å². The molecule has 5 nitrogen and oxygen atoms in total. The third kappa shape index (κ3) is 6.21. The highest BCUT2D eigenvalue weighted by molar-refractivity contribution is 5.97. The van der Waals surface area contributed by atoms with Crippen molar-refractivity contribution in [3.63, 3.8) is 0 Å². The third-order valence-corrected chi connectivity index (χ3v) is 6.65. The van der Waals surface area contributed by atoms with Crippen LogP contribution in [0.5, 0.6) is 5.75 Å². The van der Waals surface area contributed by atoms with Crippen molar-refractivity contribution in [3.8, 4) is 5.75 Å². The number of anilines is 1. The number of ether oxygens (including phenoxy) is 2. The van der Waals surface area contributed by atoms with Crippen LogP contribution in [0.4, 0.5) is 5.69 Å². The minimum atomic E-state index is -0.687. The van der Waals surface area contributed by atoms with E-state index in [-0.39, 0.29) is 5.91 Å². The summed E-state index contributed by atoms with van der Waals surface area (Å²) in [4.78, 5) is 15.6. The monoisotopic (exact) mass is 416 g/mol. The molecule has 1 heterocycles. The first-order valence-electron chi connectivity index (χ1n) is 11.9. The largest absolute Gasteiger partial charge is 0.492 e. The maximum atomic E-state index is 13.1. The van der Waals surface area contributed by atoms with Gasteiger partial charge in [0.05, 0.1) is 0 Å². The zero-order valence-electron chi connectivity index (χ0n) is 19.1. The van der Waals surface area contributed by atoms with E-state index in [1.807, 2.05) is 24.3 Å². The van der Waals surface area contributed by atoms with Crippen LogP contribution in [0.3, 0.4) is 0 Å². The van der Waals surface area contributed by atoms with Gasteiger partial charge in [0, 0.05) is 24.9 Å². The van der Waals surface area contributed by atoms with Crippen LogP contribution in [0.25, 0.3) is 0 Å². The lowest BCUT2D eigenvalue weighted by Gasteiger charge is -2.38. The van der Waals surface area contributed by atoms with Crippen LogP contribution >= 0.6 is 0 Å². The van der Waals surface area contributed by atoms with Gasteiger partial charge in [-0.2, -0.15) is 0 Å². The van der Waals surface area contributed by atoms with E-state index in [2.05, 4.69) is 31.0 Å². The number of hydrogen-bond donors (Lipinski definition) is 1. The number of carbonyl (C=O) groups excluding carboxylic acids is 1. The summed E-state index contributed by atoms with van der Waals surface area (Å²) in [5, 5.41) is 3.10. The van der Waals surface area contributed by atoms with Crippen molar-refractivity contribution in [1.29, 1.82) is 0 Å². The molecule has 5 heteroatoms. The molecule has 0 aromatic heterocycles. The average Bonchev–Trinajstić information content (AvgIpc) is 2.75. The molecule has 3 rings (SSSR count). The smallest absolute Gasteiger partial charge is 0.256 e. The molecule has 3 atom stereocenters. The first-order chi connectivity index (χ1) is 14.5. The molecule has 0 unspecified atom stereocenters. The van der Waals surface area contributed by atoms with Gasteiger partial charge in [-0.3, -0.25) is 9.69 Å². The second-order valence-electron chi connectivity index (χ2n) is 9.25. The lowest BCUT2D eigenvalue weighted by Crippen LogP contribution is -2.48. The Bertz CT molecular complexity index is 663. The topological polar surface area (TPSA) is 50.8 Å². The number of rotatable bonds is 9. The number of carbonyl (C=O) groups is 1. The summed E-state index contributed by atoms with van der Waals surface area (Å²) in [6.45, 7) is 10.1. The van der Waals surface area contributed by atoms with E-state index in [1.54, 1.807) is 0 Å². The number of nitrogens with zero attached hydrogens (tertiary/aromatic N) is 1. The predicted octanol–water partition coefficient (Wildman–Crippen LogP) is 5.25. The quantitative estimate of drug-likeness (QED) is 0.597. The summed E-state index contributed by atoms with van der Waals surface area (Å²) < 4.78 is 12.1. The molecule has 1 saturated carbocycles. The molecule has 1 aromatic rings. The fourth-order valence-corrected chi connectivity index (χ4v) is 4.85. The summed E-state index contributed by atoms with van der Waals surface area (Å²) >= 11 is 0. The normalized spacial score (nSPS) is 27.6. The van der Waals surface area contributed by atoms with Crippen LogP contribution in [0, 0.1) is 5.92 Å². The van der Waals surface area contributed by atoms with Gasteiger partial charge in [-0.25, -0.2) is 0 Å². The number of amides is 1. The molecule has 1 aliphatic heterocycles. The Morgan fingerprint density at radius 1 is 1.13 bits per heavy atom. The molecule has 2 fully saturated rings. The van der Waals surface area contributed by atoms with E-state index in [9.17, 15) is 4.79 Å². The van der Waals surface area contributed by atoms with Crippen LogP contribution in [-0.2, 0) is 9.53 Å². The van der Waals surface area contributed by atoms with Gasteiger partial charge >= 0.3 is 0 Å². The maximum Gasteiger partial charge on any atom is 0.256 e. The van der Waals surface area contributed by atoms with Crippen LogP contribution in [0.2, 0.25) is 0 Å². The lowest BCUT2D eigenvalue weighted by molar-refractivity contribution is -0.148. The lowest BCUT2D eigenvalue weighted by atomic mass is 9.78. The fraction of sp³-hybridized carbons (Fsp3) is 0.720. The molecule has 168 valence electrons. The Labute approximate surface area is 182 Å². The Balaban J connectivity index is 1.51. The number of hydrogen-bond acceptors (Lipinski definition) is 4. The molecule has 0 radical (unpaired) electrons. The summed E-state index contributed by atoms with van der Waals surface area (Å²) in [5.74, 6) is 1.36. The van der Waals surface area contributed by atoms with Crippen molar-refractivity contribution in [2.75, 3.05) is 31.6 Å². The first kappa shape index (κ1) is 23.1. The van der Waals surface area contributed by atoms with Gasteiger partial charge in [0.1, 0.15) is 18.0 Å². The van der Waals surface area contributed by atoms with Crippen molar-refractivity contribution in [3.05, 3.63) is 24.3 Å². The molecule has 1 aromatic carbocycles. The Kier molecular flexibility index (Phi) is 8.58. The highest BCUT2D eigenvalue weighted by Crippen LogP contribution is 2.36. The van der Waals surface area contributed by atoms with E-state index in [1.165, 1.54) is 32.2 Å². The molecule has 30 heavy (non-hydrogen) atoms. The van der Waals surface area contributed by atoms with Gasteiger partial charge in [-0.05, 0) is 82.2 Å². The van der Waals surface area contributed by atoms with Gasteiger partial charge < -0.3 is 14.8 Å². The summed E-state index contributed by atoms with van der Waals surface area (Å²) in [6, 6.07) is 8.40. The van der Waals surface area contributed by atoms with E-state index >= 15 is 0 Å². The van der Waals surface area contributed by atoms with Gasteiger partial charge in [-0.15, -0.1) is 0 Å². The number of piperidine rings is 1. The molecule has 0 bridgehead atoms. The molecule has 2 aliphatic rings. The SMILES string of the molecule is CCCO[C@]1(C(=O)Nc2ccc(OCCN3CCCC[C@@H]3C)cc2)CCC[C@@H](C)C1. The fourth-order valence-electron chi connectivity index (χ4n) is 4.85. The average molecular weight is 417 g/mol. The van der Waals surface area contributed by atoms with E-state index < -0.39 is 5.60 Å². The van der Waals surface area contributed by atoms with Crippen molar-refractivity contribution in [2.24, 2.45) is 5.92 Å². The molecule has 1 N–H and O–H groups in total. The highest BCUT2D eigenvalue weighted by Gasteiger charge is 2.42. The van der Waals surface area contributed by atoms with Crippen molar-refractivity contribution in [1.82, 2.24) is 4.90 Å². The van der Waals surface area contributed by atoms with Crippen molar-refractivity contribution in [2.45, 2.75) is 83.8 Å². The van der Waals surface area contributed by atoms with Gasteiger partial charge in [0.2, 0.25) is 0 Å². The minimum absolute atomic E-state index is 0.00439. The van der Waals surface area contributed by atoms with Crippen molar-refractivity contribution < 1.29 is 14.3 Å². The maximum absolute atomic E-state index is 13.1. The Morgan fingerprint density at radius 3 is 2.63 bits per heavy atom. The van der Waals surface area contributed by atoms with E-state index in [4.69, 9.17) is 9.47 Å². The predicted molar refractivity (Wildman–Crippen MR) is 122 cm³/mol. The number of nitrogens with one attached hydrogen (secondary N) is 1. The second-order valence-corrected chi connectivity index (χ2v) is 9.25. The molecule has 1 saturated heterocycles. The Hall–Kier alpha value is -1.59. The molecule has 0 spiro atoms. The second kappa shape index (κ2) is 11.1. The molecule has 1 aliphatic carbocycles. The van der Waals surface area contributed by atoms with Crippen molar-refractivity contribution >= 4 is 11.6 Å². The molecule has 1 amide bonds.